The first-order valence-corrected chi connectivity index (χ1v) is 10.1. The maximum Gasteiger partial charge on any atom is 0.317 e. The molecular weight excluding hydrogens is 344 g/mol. The van der Waals surface area contributed by atoms with Gasteiger partial charge in [0.2, 0.25) is 0 Å². The van der Waals surface area contributed by atoms with Crippen LogP contribution in [0.4, 0.5) is 0 Å². The van der Waals surface area contributed by atoms with Gasteiger partial charge in [-0.1, -0.05) is 34.1 Å². The van der Waals surface area contributed by atoms with Crippen LogP contribution in [0, 0.1) is 11.3 Å². The van der Waals surface area contributed by atoms with Crippen molar-refractivity contribution in [1.82, 2.24) is 0 Å². The molecule has 2 fully saturated rings. The van der Waals surface area contributed by atoms with E-state index in [0.717, 1.165) is 18.4 Å². The third kappa shape index (κ3) is 2.24. The van der Waals surface area contributed by atoms with Crippen molar-refractivity contribution in [2.75, 3.05) is 6.61 Å². The monoisotopic (exact) mass is 374 g/mol. The van der Waals surface area contributed by atoms with Crippen LogP contribution < -0.4 is 0 Å². The van der Waals surface area contributed by atoms with E-state index >= 15 is 0 Å². The molecule has 0 spiro atoms. The lowest BCUT2D eigenvalue weighted by atomic mass is 9.49. The van der Waals surface area contributed by atoms with Gasteiger partial charge < -0.3 is 19.7 Å². The summed E-state index contributed by atoms with van der Waals surface area (Å²) in [4.78, 5) is 13.2. The Morgan fingerprint density at radius 1 is 1.26 bits per heavy atom. The predicted octanol–water partition coefficient (Wildman–Crippen LogP) is 4.30. The standard InChI is InChI=1S/C22H30O5/c1-6-26-17-13-10-12(11(2)3)15(23)16(24)14(13)22-9-7-8-21(4,5)19(22)18(17)27-20(22)25/h10-11,17-19,23-24H,6-9H2,1-5H3/t17-,18+,19-,22+/m0/s1. The quantitative estimate of drug-likeness (QED) is 0.609. The van der Waals surface area contributed by atoms with Gasteiger partial charge >= 0.3 is 5.97 Å². The van der Waals surface area contributed by atoms with Crippen LogP contribution in [0.25, 0.3) is 0 Å². The maximum atomic E-state index is 13.2. The fourth-order valence-electron chi connectivity index (χ4n) is 6.05. The van der Waals surface area contributed by atoms with Crippen LogP contribution in [-0.2, 0) is 19.7 Å². The summed E-state index contributed by atoms with van der Waals surface area (Å²) in [5, 5.41) is 21.8. The molecule has 1 saturated carbocycles. The maximum absolute atomic E-state index is 13.2. The van der Waals surface area contributed by atoms with Crippen LogP contribution in [0.15, 0.2) is 6.07 Å². The molecule has 27 heavy (non-hydrogen) atoms. The van der Waals surface area contributed by atoms with Crippen molar-refractivity contribution in [1.29, 1.82) is 0 Å². The molecule has 1 heterocycles. The molecular formula is C22H30O5. The topological polar surface area (TPSA) is 76.0 Å². The van der Waals surface area contributed by atoms with Crippen molar-refractivity contribution in [3.05, 3.63) is 22.8 Å². The summed E-state index contributed by atoms with van der Waals surface area (Å²) in [6, 6.07) is 1.92. The number of hydrogen-bond donors (Lipinski definition) is 2. The zero-order chi connectivity index (χ0) is 19.7. The molecule has 5 nitrogen and oxygen atoms in total. The summed E-state index contributed by atoms with van der Waals surface area (Å²) in [6.07, 6.45) is 1.74. The van der Waals surface area contributed by atoms with E-state index in [2.05, 4.69) is 13.8 Å². The van der Waals surface area contributed by atoms with Gasteiger partial charge in [0.15, 0.2) is 11.5 Å². The number of benzene rings is 1. The molecule has 0 unspecified atom stereocenters. The van der Waals surface area contributed by atoms with E-state index in [4.69, 9.17) is 9.47 Å². The van der Waals surface area contributed by atoms with Crippen LogP contribution in [0.3, 0.4) is 0 Å². The highest BCUT2D eigenvalue weighted by molar-refractivity contribution is 5.90. The van der Waals surface area contributed by atoms with Gasteiger partial charge in [0.1, 0.15) is 17.6 Å². The second-order valence-electron chi connectivity index (χ2n) is 9.32. The molecule has 5 heteroatoms. The van der Waals surface area contributed by atoms with Gasteiger partial charge in [0, 0.05) is 23.7 Å². The summed E-state index contributed by atoms with van der Waals surface area (Å²) in [7, 11) is 0. The third-order valence-electron chi connectivity index (χ3n) is 7.05. The molecule has 1 saturated heterocycles. The molecule has 4 atom stereocenters. The Morgan fingerprint density at radius 2 is 1.96 bits per heavy atom. The van der Waals surface area contributed by atoms with Crippen LogP contribution in [-0.4, -0.2) is 28.9 Å². The van der Waals surface area contributed by atoms with E-state index in [9.17, 15) is 15.0 Å². The largest absolute Gasteiger partial charge is 0.504 e. The Kier molecular flexibility index (Phi) is 4.05. The van der Waals surface area contributed by atoms with Crippen molar-refractivity contribution < 1.29 is 24.5 Å². The third-order valence-corrected chi connectivity index (χ3v) is 7.05. The zero-order valence-electron chi connectivity index (χ0n) is 16.8. The van der Waals surface area contributed by atoms with Crippen molar-refractivity contribution in [3.63, 3.8) is 0 Å². The highest BCUT2D eigenvalue weighted by Crippen LogP contribution is 2.67. The lowest BCUT2D eigenvalue weighted by Gasteiger charge is -2.52. The summed E-state index contributed by atoms with van der Waals surface area (Å²) in [5.74, 6) is -0.600. The van der Waals surface area contributed by atoms with Crippen molar-refractivity contribution >= 4 is 5.97 Å². The van der Waals surface area contributed by atoms with Gasteiger partial charge in [-0.15, -0.1) is 0 Å². The molecule has 2 bridgehead atoms. The normalized spacial score (nSPS) is 33.6. The van der Waals surface area contributed by atoms with Gasteiger partial charge in [0.25, 0.3) is 0 Å². The minimum atomic E-state index is -0.896. The molecule has 148 valence electrons. The number of ether oxygens (including phenoxy) is 2. The Labute approximate surface area is 160 Å². The van der Waals surface area contributed by atoms with E-state index in [-0.39, 0.29) is 40.8 Å². The first-order chi connectivity index (χ1) is 12.7. The fraction of sp³-hybridized carbons (Fsp3) is 0.682. The number of aromatic hydroxyl groups is 2. The van der Waals surface area contributed by atoms with Gasteiger partial charge in [-0.2, -0.15) is 0 Å². The van der Waals surface area contributed by atoms with E-state index in [0.29, 0.717) is 24.2 Å². The number of phenols is 2. The van der Waals surface area contributed by atoms with Gasteiger partial charge in [-0.3, -0.25) is 4.79 Å². The molecule has 1 aliphatic heterocycles. The number of phenolic OH excluding ortho intramolecular Hbond substituents is 2. The first-order valence-electron chi connectivity index (χ1n) is 10.1. The second-order valence-corrected chi connectivity index (χ2v) is 9.32. The lowest BCUT2D eigenvalue weighted by molar-refractivity contribution is -0.150. The molecule has 2 aliphatic carbocycles. The molecule has 4 rings (SSSR count). The number of hydrogen-bond acceptors (Lipinski definition) is 5. The Morgan fingerprint density at radius 3 is 2.59 bits per heavy atom. The van der Waals surface area contributed by atoms with E-state index in [1.54, 1.807) is 0 Å². The minimum absolute atomic E-state index is 0.0377. The van der Waals surface area contributed by atoms with Crippen LogP contribution in [0.5, 0.6) is 11.5 Å². The van der Waals surface area contributed by atoms with Crippen molar-refractivity contribution in [2.45, 2.75) is 77.4 Å². The summed E-state index contributed by atoms with van der Waals surface area (Å²) < 4.78 is 12.0. The van der Waals surface area contributed by atoms with Crippen LogP contribution in [0.2, 0.25) is 0 Å². The molecule has 0 amide bonds. The second kappa shape index (κ2) is 5.87. The highest BCUT2D eigenvalue weighted by Gasteiger charge is 2.70. The lowest BCUT2D eigenvalue weighted by Crippen LogP contribution is -2.54. The fourth-order valence-corrected chi connectivity index (χ4v) is 6.05. The molecule has 0 aromatic heterocycles. The van der Waals surface area contributed by atoms with E-state index < -0.39 is 11.5 Å². The molecule has 1 aromatic rings. The number of esters is 1. The summed E-state index contributed by atoms with van der Waals surface area (Å²) in [5.41, 5.74) is 1.00. The van der Waals surface area contributed by atoms with Gasteiger partial charge in [0.05, 0.1) is 0 Å². The van der Waals surface area contributed by atoms with Crippen LogP contribution in [0.1, 0.15) is 82.6 Å². The minimum Gasteiger partial charge on any atom is -0.504 e. The van der Waals surface area contributed by atoms with Gasteiger partial charge in [-0.25, -0.2) is 0 Å². The average Bonchev–Trinajstić information content (AvgIpc) is 2.84. The Balaban J connectivity index is 2.06. The average molecular weight is 374 g/mol. The first kappa shape index (κ1) is 18.6. The van der Waals surface area contributed by atoms with Gasteiger partial charge in [-0.05, 0) is 42.7 Å². The molecule has 1 aromatic carbocycles. The Bertz CT molecular complexity index is 796. The van der Waals surface area contributed by atoms with Crippen molar-refractivity contribution in [3.8, 4) is 11.5 Å². The zero-order valence-corrected chi connectivity index (χ0v) is 16.8. The molecule has 3 aliphatic rings. The van der Waals surface area contributed by atoms with E-state index in [1.165, 1.54) is 0 Å². The number of fused-ring (bicyclic) bond motifs is 1. The van der Waals surface area contributed by atoms with E-state index in [1.807, 2.05) is 26.8 Å². The number of carbonyl (C=O) groups is 1. The predicted molar refractivity (Wildman–Crippen MR) is 101 cm³/mol. The summed E-state index contributed by atoms with van der Waals surface area (Å²) in [6.45, 7) is 10.7. The summed E-state index contributed by atoms with van der Waals surface area (Å²) >= 11 is 0. The molecule has 0 radical (unpaired) electrons. The highest BCUT2D eigenvalue weighted by atomic mass is 16.6. The number of rotatable bonds is 3. The smallest absolute Gasteiger partial charge is 0.317 e. The Hall–Kier alpha value is -1.75. The number of carbonyl (C=O) groups excluding carboxylic acids is 1. The SMILES string of the molecule is CCO[C@H]1c2cc(C(C)C)c(O)c(O)c2[C@]23CCCC(C)(C)[C@@H]2[C@@H]1OC3=O. The molecule has 2 N–H and O–H groups in total. The van der Waals surface area contributed by atoms with Crippen LogP contribution >= 0.6 is 0 Å². The van der Waals surface area contributed by atoms with Crippen molar-refractivity contribution in [2.24, 2.45) is 11.3 Å².